The van der Waals surface area contributed by atoms with Gasteiger partial charge in [0.05, 0.1) is 56.7 Å². The smallest absolute Gasteiger partial charge is 0.373 e. The van der Waals surface area contributed by atoms with E-state index in [0.29, 0.717) is 56.7 Å². The number of aliphatic hydroxyl groups excluding tert-OH is 2. The van der Waals surface area contributed by atoms with E-state index in [1.54, 1.807) is 40.7 Å². The number of hydrogen-bond acceptors (Lipinski definition) is 14. The first-order chi connectivity index (χ1) is 31.0. The lowest BCUT2D eigenvalue weighted by Gasteiger charge is -2.27. The fourth-order valence-electron chi connectivity index (χ4n) is 10.3. The molecule has 5 fully saturated rings. The summed E-state index contributed by atoms with van der Waals surface area (Å²) in [4.78, 5) is 74.4. The summed E-state index contributed by atoms with van der Waals surface area (Å²) in [6.45, 7) is 13.4. The Bertz CT molecular complexity index is 1500. The van der Waals surface area contributed by atoms with Gasteiger partial charge in [-0.2, -0.15) is 9.59 Å². The summed E-state index contributed by atoms with van der Waals surface area (Å²) in [5, 5.41) is 18.2. The van der Waals surface area contributed by atoms with Crippen LogP contribution in [0.1, 0.15) is 99.3 Å². The van der Waals surface area contributed by atoms with Gasteiger partial charge in [-0.05, 0) is 140 Å². The average Bonchev–Trinajstić information content (AvgIpc) is 4.17. The molecule has 14 nitrogen and oxygen atoms in total. The minimum Gasteiger partial charge on any atom is -0.466 e. The molecule has 2 unspecified atom stereocenters. The number of terminal acetylenes is 1. The van der Waals surface area contributed by atoms with E-state index in [1.165, 1.54) is 25.3 Å². The van der Waals surface area contributed by atoms with Crippen molar-refractivity contribution in [3.05, 3.63) is 48.6 Å². The molecule has 358 valence electrons. The van der Waals surface area contributed by atoms with Crippen molar-refractivity contribution in [3.8, 4) is 12.8 Å². The summed E-state index contributed by atoms with van der Waals surface area (Å²) >= 11 is 0. The molecule has 7 aliphatic rings. The number of fused-ring (bicyclic) bond motifs is 6. The van der Waals surface area contributed by atoms with E-state index in [0.717, 1.165) is 50.4 Å². The Morgan fingerprint density at radius 1 is 0.562 bits per heavy atom. The highest BCUT2D eigenvalue weighted by molar-refractivity contribution is 5.85. The highest BCUT2D eigenvalue weighted by Gasteiger charge is 2.55. The van der Waals surface area contributed by atoms with Crippen LogP contribution in [0.2, 0.25) is 0 Å². The SMILES string of the molecule is C#C.C1=CCC=C1.CC/C=C/C(=O)OCC.CCOC(=O)C1[C@H]2C=C[C@H](C2)[C@H]1C(=O)OCC.CCOC(=O)C1[C@H]2CC[C@H](C2)[C@H]1C(=O)OCC.O=C=O.OC[C@@H]1[C@@H]2CC[C@@H](C2)[C@H]1CO. The second kappa shape index (κ2) is 32.8. The van der Waals surface area contributed by atoms with Crippen LogP contribution in [0.3, 0.4) is 0 Å². The van der Waals surface area contributed by atoms with Crippen LogP contribution < -0.4 is 0 Å². The second-order valence-electron chi connectivity index (χ2n) is 16.2. The van der Waals surface area contributed by atoms with Crippen molar-refractivity contribution in [1.82, 2.24) is 0 Å². The van der Waals surface area contributed by atoms with Crippen LogP contribution in [0.25, 0.3) is 0 Å². The topological polar surface area (TPSA) is 206 Å². The molecule has 7 aliphatic carbocycles. The number of hydrogen-bond donors (Lipinski definition) is 2. The van der Waals surface area contributed by atoms with E-state index in [-0.39, 0.29) is 84.7 Å². The molecular formula is C50H74O14. The maximum Gasteiger partial charge on any atom is 0.373 e. The van der Waals surface area contributed by atoms with Crippen molar-refractivity contribution in [2.24, 2.45) is 71.0 Å². The number of aliphatic hydroxyl groups is 2. The number of carbonyl (C=O) groups excluding carboxylic acids is 7. The molecule has 64 heavy (non-hydrogen) atoms. The first-order valence-corrected chi connectivity index (χ1v) is 23.0. The van der Waals surface area contributed by atoms with Crippen LogP contribution in [-0.4, -0.2) is 92.5 Å². The van der Waals surface area contributed by atoms with Crippen molar-refractivity contribution in [1.29, 1.82) is 0 Å². The van der Waals surface area contributed by atoms with Crippen LogP contribution in [-0.2, 0) is 57.2 Å². The lowest BCUT2D eigenvalue weighted by molar-refractivity contribution is -0.192. The number of ether oxygens (including phenoxy) is 5. The maximum absolute atomic E-state index is 11.9. The van der Waals surface area contributed by atoms with Crippen LogP contribution in [0.5, 0.6) is 0 Å². The largest absolute Gasteiger partial charge is 0.466 e. The molecule has 5 saturated carbocycles. The molecule has 14 heteroatoms. The Balaban J connectivity index is 0.000000407. The van der Waals surface area contributed by atoms with Crippen molar-refractivity contribution >= 4 is 36.0 Å². The average molecular weight is 899 g/mol. The van der Waals surface area contributed by atoms with Gasteiger partial charge in [-0.25, -0.2) is 4.79 Å². The Morgan fingerprint density at radius 3 is 1.22 bits per heavy atom. The molecule has 0 radical (unpaired) electrons. The van der Waals surface area contributed by atoms with Gasteiger partial charge in [-0.15, -0.1) is 12.8 Å². The lowest BCUT2D eigenvalue weighted by Crippen LogP contribution is -2.36. The van der Waals surface area contributed by atoms with Gasteiger partial charge in [0, 0.05) is 19.3 Å². The predicted molar refractivity (Wildman–Crippen MR) is 238 cm³/mol. The predicted octanol–water partition coefficient (Wildman–Crippen LogP) is 6.64. The zero-order chi connectivity index (χ0) is 48.0. The lowest BCUT2D eigenvalue weighted by atomic mass is 9.79. The summed E-state index contributed by atoms with van der Waals surface area (Å²) in [5.74, 6) is 0.832. The van der Waals surface area contributed by atoms with Gasteiger partial charge in [0.25, 0.3) is 0 Å². The Morgan fingerprint density at radius 2 is 0.906 bits per heavy atom. The molecule has 0 amide bonds. The molecule has 7 rings (SSSR count). The standard InChI is InChI=1S/C13H20O4.C13H18O4.C9H16O2.C7H12O2.C5H6.C2H2.CO2/c2*1-3-16-12(14)10-8-5-6-9(7-8)11(10)13(15)17-4-2;10-4-8-6-1-2-7(3-6)9(8)5-11;1-3-5-6-7(8)9-4-2;1-2-4-5-3-1;1-2;2-1-3/h8-11H,3-7H2,1-2H3;5-6,8-11H,3-4,7H2,1-2H3;6-11H,1-5H2;5-6H,3-4H2,1-2H3;1-4H,5H2;1-2H;/b;;;6-5+;;;/t2*8-,9+,10-,11?;6-,7+,8-,9-;;;;/m111..../s1. The molecule has 0 aromatic carbocycles. The highest BCUT2D eigenvalue weighted by atomic mass is 16.6. The van der Waals surface area contributed by atoms with Crippen LogP contribution >= 0.6 is 0 Å². The Kier molecular flexibility index (Phi) is 29.3. The minimum absolute atomic E-state index is 0.147. The molecule has 0 aliphatic heterocycles. The van der Waals surface area contributed by atoms with Gasteiger partial charge in [0.1, 0.15) is 0 Å². The summed E-state index contributed by atoms with van der Waals surface area (Å²) in [6.07, 6.45) is 33.7. The normalized spacial score (nSPS) is 29.5. The first-order valence-electron chi connectivity index (χ1n) is 23.0. The van der Waals surface area contributed by atoms with E-state index < -0.39 is 0 Å². The number of carbonyl (C=O) groups is 5. The number of rotatable bonds is 13. The van der Waals surface area contributed by atoms with Gasteiger partial charge in [0.2, 0.25) is 0 Å². The fourth-order valence-corrected chi connectivity index (χ4v) is 10.3. The van der Waals surface area contributed by atoms with Crippen molar-refractivity contribution < 1.29 is 67.5 Å². The third-order valence-electron chi connectivity index (χ3n) is 12.7. The minimum atomic E-state index is -0.344. The van der Waals surface area contributed by atoms with E-state index in [4.69, 9.17) is 38.7 Å². The molecule has 0 aromatic heterocycles. The number of allylic oxidation sites excluding steroid dienone is 7. The fraction of sp³-hybridized carbons (Fsp3) is 0.680. The van der Waals surface area contributed by atoms with Crippen LogP contribution in [0.4, 0.5) is 0 Å². The zero-order valence-corrected chi connectivity index (χ0v) is 38.8. The van der Waals surface area contributed by atoms with Gasteiger partial charge in [0.15, 0.2) is 0 Å². The highest BCUT2D eigenvalue weighted by Crippen LogP contribution is 2.54. The molecular weight excluding hydrogens is 825 g/mol. The first kappa shape index (κ1) is 57.2. The van der Waals surface area contributed by atoms with Gasteiger partial charge >= 0.3 is 36.0 Å². The summed E-state index contributed by atoms with van der Waals surface area (Å²) < 4.78 is 24.9. The third kappa shape index (κ3) is 17.3. The zero-order valence-electron chi connectivity index (χ0n) is 38.8. The summed E-state index contributed by atoms with van der Waals surface area (Å²) in [7, 11) is 0. The third-order valence-corrected chi connectivity index (χ3v) is 12.7. The number of esters is 5. The van der Waals surface area contributed by atoms with E-state index in [1.807, 2.05) is 19.1 Å². The van der Waals surface area contributed by atoms with Gasteiger partial charge in [-0.1, -0.05) is 49.5 Å². The van der Waals surface area contributed by atoms with Crippen molar-refractivity contribution in [3.63, 3.8) is 0 Å². The molecule has 12 atom stereocenters. The van der Waals surface area contributed by atoms with E-state index in [2.05, 4.69) is 41.9 Å². The Hall–Kier alpha value is -4.83. The quantitative estimate of drug-likeness (QED) is 0.0654. The maximum atomic E-state index is 11.9. The molecule has 6 bridgehead atoms. The molecule has 0 spiro atoms. The second-order valence-corrected chi connectivity index (χ2v) is 16.2. The molecule has 0 saturated heterocycles. The van der Waals surface area contributed by atoms with E-state index in [9.17, 15) is 24.0 Å². The molecule has 0 aromatic rings. The van der Waals surface area contributed by atoms with Crippen LogP contribution in [0, 0.1) is 83.9 Å². The summed E-state index contributed by atoms with van der Waals surface area (Å²) in [5.41, 5.74) is 0. The van der Waals surface area contributed by atoms with Crippen molar-refractivity contribution in [2.75, 3.05) is 46.2 Å². The van der Waals surface area contributed by atoms with Crippen LogP contribution in [0.15, 0.2) is 48.6 Å². The Labute approximate surface area is 380 Å². The molecule has 2 N–H and O–H groups in total. The van der Waals surface area contributed by atoms with Crippen molar-refractivity contribution in [2.45, 2.75) is 99.3 Å². The molecule has 0 heterocycles. The van der Waals surface area contributed by atoms with Gasteiger partial charge < -0.3 is 33.9 Å². The monoisotopic (exact) mass is 899 g/mol. The summed E-state index contributed by atoms with van der Waals surface area (Å²) in [6, 6.07) is 0. The van der Waals surface area contributed by atoms with Gasteiger partial charge in [-0.3, -0.25) is 19.2 Å². The van der Waals surface area contributed by atoms with E-state index >= 15 is 0 Å².